The average molecular weight is 418 g/mol. The third kappa shape index (κ3) is 4.09. The molecule has 0 aromatic carbocycles. The van der Waals surface area contributed by atoms with Crippen molar-refractivity contribution in [3.8, 4) is 11.4 Å². The van der Waals surface area contributed by atoms with E-state index in [0.29, 0.717) is 22.1 Å². The van der Waals surface area contributed by atoms with Crippen LogP contribution in [-0.4, -0.2) is 45.1 Å². The fourth-order valence-electron chi connectivity index (χ4n) is 3.65. The molecular weight excluding hydrogens is 397 g/mol. The highest BCUT2D eigenvalue weighted by atomic mass is 35.5. The van der Waals surface area contributed by atoms with E-state index in [9.17, 15) is 9.18 Å². The van der Waals surface area contributed by atoms with E-state index in [0.717, 1.165) is 37.3 Å². The zero-order valence-corrected chi connectivity index (χ0v) is 16.6. The van der Waals surface area contributed by atoms with Crippen LogP contribution in [0.2, 0.25) is 5.02 Å². The number of hydrogen-bond acceptors (Lipinski definition) is 5. The smallest absolute Gasteiger partial charge is 0.314 e. The Morgan fingerprint density at radius 1 is 1.24 bits per heavy atom. The Morgan fingerprint density at radius 3 is 2.83 bits per heavy atom. The van der Waals surface area contributed by atoms with E-state index in [2.05, 4.69) is 35.9 Å². The minimum absolute atomic E-state index is 0.106. The lowest BCUT2D eigenvalue weighted by Gasteiger charge is -2.33. The number of carbonyl (C=O) groups excluding carboxylic acids is 1. The summed E-state index contributed by atoms with van der Waals surface area (Å²) in [5.74, 6) is -0.0835. The van der Waals surface area contributed by atoms with Gasteiger partial charge in [-0.1, -0.05) is 24.4 Å². The first-order chi connectivity index (χ1) is 14.0. The van der Waals surface area contributed by atoms with Crippen LogP contribution >= 0.6 is 11.6 Å². The largest absolute Gasteiger partial charge is 0.363 e. The number of anilines is 1. The van der Waals surface area contributed by atoms with Crippen LogP contribution in [0, 0.1) is 5.82 Å². The fraction of sp³-hybridized carbons (Fsp3) is 0.368. The molecule has 3 aromatic heterocycles. The molecule has 0 radical (unpaired) electrons. The van der Waals surface area contributed by atoms with Gasteiger partial charge in [-0.05, 0) is 18.9 Å². The summed E-state index contributed by atoms with van der Waals surface area (Å²) in [6, 6.07) is 1.27. The normalized spacial score (nSPS) is 19.1. The highest BCUT2D eigenvalue weighted by Crippen LogP contribution is 2.29. The first-order valence-electron chi connectivity index (χ1n) is 9.45. The number of urea groups is 1. The third-order valence-electron chi connectivity index (χ3n) is 5.11. The zero-order chi connectivity index (χ0) is 20.4. The van der Waals surface area contributed by atoms with Gasteiger partial charge in [0.1, 0.15) is 5.65 Å². The molecule has 2 unspecified atom stereocenters. The van der Waals surface area contributed by atoms with Gasteiger partial charge in [-0.25, -0.2) is 24.1 Å². The lowest BCUT2D eigenvalue weighted by atomic mass is 9.90. The second-order valence-electron chi connectivity index (χ2n) is 7.01. The summed E-state index contributed by atoms with van der Waals surface area (Å²) in [5, 5.41) is 9.90. The van der Waals surface area contributed by atoms with Crippen molar-refractivity contribution >= 4 is 34.5 Å². The molecular formula is C19H21ClFN7O. The van der Waals surface area contributed by atoms with Gasteiger partial charge in [-0.15, -0.1) is 0 Å². The molecule has 2 atom stereocenters. The minimum atomic E-state index is -0.547. The summed E-state index contributed by atoms with van der Waals surface area (Å²) in [4.78, 5) is 27.6. The minimum Gasteiger partial charge on any atom is -0.363 e. The van der Waals surface area contributed by atoms with E-state index in [4.69, 9.17) is 11.6 Å². The Hall–Kier alpha value is -2.94. The highest BCUT2D eigenvalue weighted by Gasteiger charge is 2.27. The standard InChI is InChI=1S/C19H21ClFN7O/c1-22-19(29)27-15-5-3-2-4-14(15)26-18-13(21)9-25-17(28-18)12-8-24-16-11(12)6-10(20)7-23-16/h6-9,14-15H,2-5H2,1H3,(H,23,24)(H2,22,27,29)(H,25,26,28). The Labute approximate surface area is 171 Å². The van der Waals surface area contributed by atoms with Crippen molar-refractivity contribution < 1.29 is 9.18 Å². The maximum atomic E-state index is 14.5. The topological polar surface area (TPSA) is 108 Å². The maximum Gasteiger partial charge on any atom is 0.314 e. The van der Waals surface area contributed by atoms with Crippen molar-refractivity contribution in [3.05, 3.63) is 35.5 Å². The number of carbonyl (C=O) groups is 1. The molecule has 3 aromatic rings. The number of aromatic amines is 1. The summed E-state index contributed by atoms with van der Waals surface area (Å²) in [6.45, 7) is 0. The van der Waals surface area contributed by atoms with Crippen LogP contribution in [0.1, 0.15) is 25.7 Å². The van der Waals surface area contributed by atoms with Gasteiger partial charge in [-0.2, -0.15) is 0 Å². The van der Waals surface area contributed by atoms with Crippen molar-refractivity contribution in [2.75, 3.05) is 12.4 Å². The summed E-state index contributed by atoms with van der Waals surface area (Å²) in [6.07, 6.45) is 8.04. The number of rotatable bonds is 4. The van der Waals surface area contributed by atoms with Gasteiger partial charge in [0.25, 0.3) is 0 Å². The van der Waals surface area contributed by atoms with Crippen LogP contribution in [0.15, 0.2) is 24.7 Å². The third-order valence-corrected chi connectivity index (χ3v) is 5.32. The van der Waals surface area contributed by atoms with E-state index in [1.807, 2.05) is 0 Å². The van der Waals surface area contributed by atoms with Crippen molar-refractivity contribution in [2.45, 2.75) is 37.8 Å². The van der Waals surface area contributed by atoms with E-state index < -0.39 is 5.82 Å². The summed E-state index contributed by atoms with van der Waals surface area (Å²) >= 11 is 6.06. The number of aromatic nitrogens is 4. The van der Waals surface area contributed by atoms with Crippen LogP contribution in [0.5, 0.6) is 0 Å². The lowest BCUT2D eigenvalue weighted by Crippen LogP contribution is -2.51. The number of amides is 2. The van der Waals surface area contributed by atoms with Crippen molar-refractivity contribution in [2.24, 2.45) is 0 Å². The van der Waals surface area contributed by atoms with Crippen LogP contribution in [0.3, 0.4) is 0 Å². The number of halogens is 2. The summed E-state index contributed by atoms with van der Waals surface area (Å²) < 4.78 is 14.5. The van der Waals surface area contributed by atoms with Crippen molar-refractivity contribution in [1.82, 2.24) is 30.6 Å². The van der Waals surface area contributed by atoms with E-state index >= 15 is 0 Å². The van der Waals surface area contributed by atoms with Gasteiger partial charge in [0.15, 0.2) is 17.5 Å². The maximum absolute atomic E-state index is 14.5. The second-order valence-corrected chi connectivity index (χ2v) is 7.44. The van der Waals surface area contributed by atoms with Gasteiger partial charge in [0.2, 0.25) is 0 Å². The summed E-state index contributed by atoms with van der Waals surface area (Å²) in [7, 11) is 1.57. The monoisotopic (exact) mass is 417 g/mol. The van der Waals surface area contributed by atoms with Gasteiger partial charge in [0.05, 0.1) is 17.3 Å². The number of H-pyrrole nitrogens is 1. The molecule has 152 valence electrons. The first kappa shape index (κ1) is 19.4. The molecule has 0 bridgehead atoms. The van der Waals surface area contributed by atoms with Crippen LogP contribution in [-0.2, 0) is 0 Å². The average Bonchev–Trinajstić information content (AvgIpc) is 3.14. The molecule has 4 rings (SSSR count). The SMILES string of the molecule is CNC(=O)NC1CCCCC1Nc1nc(-c2c[nH]c3ncc(Cl)cc23)ncc1F. The predicted molar refractivity (Wildman–Crippen MR) is 109 cm³/mol. The second kappa shape index (κ2) is 8.20. The molecule has 2 amide bonds. The summed E-state index contributed by atoms with van der Waals surface area (Å²) in [5.41, 5.74) is 1.33. The Morgan fingerprint density at radius 2 is 2.03 bits per heavy atom. The molecule has 1 aliphatic rings. The Balaban J connectivity index is 1.62. The molecule has 1 fully saturated rings. The molecule has 1 saturated carbocycles. The number of nitrogens with one attached hydrogen (secondary N) is 4. The zero-order valence-electron chi connectivity index (χ0n) is 15.8. The van der Waals surface area contributed by atoms with Crippen LogP contribution in [0.4, 0.5) is 15.0 Å². The molecule has 1 aliphatic carbocycles. The molecule has 29 heavy (non-hydrogen) atoms. The van der Waals surface area contributed by atoms with E-state index in [-0.39, 0.29) is 23.9 Å². The van der Waals surface area contributed by atoms with Gasteiger partial charge < -0.3 is 20.9 Å². The van der Waals surface area contributed by atoms with Crippen LogP contribution in [0.25, 0.3) is 22.4 Å². The molecule has 0 saturated heterocycles. The molecule has 10 heteroatoms. The van der Waals surface area contributed by atoms with E-state index in [1.165, 1.54) is 0 Å². The lowest BCUT2D eigenvalue weighted by molar-refractivity contribution is 0.232. The quantitative estimate of drug-likeness (QED) is 0.520. The van der Waals surface area contributed by atoms with Crippen molar-refractivity contribution in [3.63, 3.8) is 0 Å². The fourth-order valence-corrected chi connectivity index (χ4v) is 3.81. The van der Waals surface area contributed by atoms with Crippen LogP contribution < -0.4 is 16.0 Å². The Kier molecular flexibility index (Phi) is 5.48. The predicted octanol–water partition coefficient (Wildman–Crippen LogP) is 3.46. The van der Waals surface area contributed by atoms with Gasteiger partial charge >= 0.3 is 6.03 Å². The molecule has 4 N–H and O–H groups in total. The molecule has 0 spiro atoms. The van der Waals surface area contributed by atoms with Gasteiger partial charge in [0, 0.05) is 36.4 Å². The molecule has 0 aliphatic heterocycles. The van der Waals surface area contributed by atoms with E-state index in [1.54, 1.807) is 25.5 Å². The number of nitrogens with zero attached hydrogens (tertiary/aromatic N) is 3. The number of hydrogen-bond donors (Lipinski definition) is 4. The highest BCUT2D eigenvalue weighted by molar-refractivity contribution is 6.31. The Bertz CT molecular complexity index is 1040. The molecule has 3 heterocycles. The number of fused-ring (bicyclic) bond motifs is 1. The number of pyridine rings is 1. The first-order valence-corrected chi connectivity index (χ1v) is 9.83. The van der Waals surface area contributed by atoms with Gasteiger partial charge in [-0.3, -0.25) is 0 Å². The molecule has 8 nitrogen and oxygen atoms in total. The van der Waals surface area contributed by atoms with Crippen molar-refractivity contribution in [1.29, 1.82) is 0 Å².